The number of rotatable bonds is 2. The summed E-state index contributed by atoms with van der Waals surface area (Å²) in [5.41, 5.74) is 0.830. The van der Waals surface area contributed by atoms with Crippen molar-refractivity contribution in [3.8, 4) is 0 Å². The zero-order chi connectivity index (χ0) is 11.8. The number of benzene rings is 1. The predicted octanol–water partition coefficient (Wildman–Crippen LogP) is 2.93. The number of carbonyl (C=O) groups is 1. The largest absolute Gasteiger partial charge is 0.341 e. The molecule has 0 spiro atoms. The number of amides is 1. The third-order valence-electron chi connectivity index (χ3n) is 2.60. The highest BCUT2D eigenvalue weighted by Gasteiger charge is 2.22. The van der Waals surface area contributed by atoms with Crippen LogP contribution in [0, 0.1) is 0 Å². The summed E-state index contributed by atoms with van der Waals surface area (Å²) in [5, 5.41) is 1.12. The summed E-state index contributed by atoms with van der Waals surface area (Å²) in [7, 11) is 0. The highest BCUT2D eigenvalue weighted by atomic mass is 16.1. The first-order valence-electron chi connectivity index (χ1n) is 5.35. The van der Waals surface area contributed by atoms with Crippen LogP contribution in [-0.2, 0) is 4.79 Å². The van der Waals surface area contributed by atoms with Crippen LogP contribution in [0.4, 0.5) is 5.82 Å². The lowest BCUT2D eigenvalue weighted by atomic mass is 10.1. The van der Waals surface area contributed by atoms with E-state index >= 15 is 0 Å². The fourth-order valence-electron chi connectivity index (χ4n) is 1.76. The van der Waals surface area contributed by atoms with E-state index in [1.807, 2.05) is 51.1 Å². The maximum Gasteiger partial charge on any atom is 0.215 e. The molecule has 16 heavy (non-hydrogen) atoms. The molecule has 3 heteroatoms. The molecule has 0 saturated heterocycles. The molecule has 0 unspecified atom stereocenters. The van der Waals surface area contributed by atoms with Crippen LogP contribution in [0.3, 0.4) is 0 Å². The fourth-order valence-corrected chi connectivity index (χ4v) is 1.76. The molecule has 1 heterocycles. The Morgan fingerprint density at radius 1 is 1.25 bits per heavy atom. The Morgan fingerprint density at radius 3 is 2.50 bits per heavy atom. The molecule has 1 aromatic carbocycles. The van der Waals surface area contributed by atoms with Crippen molar-refractivity contribution in [1.29, 1.82) is 0 Å². The van der Waals surface area contributed by atoms with Gasteiger partial charge in [-0.3, -0.25) is 9.69 Å². The average molecular weight is 216 g/mol. The summed E-state index contributed by atoms with van der Waals surface area (Å²) in [4.78, 5) is 16.1. The first-order chi connectivity index (χ1) is 7.52. The molecule has 0 aliphatic carbocycles. The van der Waals surface area contributed by atoms with Crippen molar-refractivity contribution in [1.82, 2.24) is 4.98 Å². The number of nitrogens with zero attached hydrogens (tertiary/aromatic N) is 1. The Kier molecular flexibility index (Phi) is 2.46. The molecule has 0 aliphatic heterocycles. The van der Waals surface area contributed by atoms with Gasteiger partial charge in [-0.05, 0) is 32.9 Å². The van der Waals surface area contributed by atoms with Gasteiger partial charge >= 0.3 is 0 Å². The van der Waals surface area contributed by atoms with E-state index in [0.717, 1.165) is 23.1 Å². The van der Waals surface area contributed by atoms with Crippen LogP contribution < -0.4 is 4.90 Å². The van der Waals surface area contributed by atoms with E-state index in [2.05, 4.69) is 4.98 Å². The zero-order valence-corrected chi connectivity index (χ0v) is 9.82. The minimum absolute atomic E-state index is 0.220. The summed E-state index contributed by atoms with van der Waals surface area (Å²) in [6.07, 6.45) is 0.866. The molecule has 0 bridgehead atoms. The van der Waals surface area contributed by atoms with Crippen molar-refractivity contribution in [3.63, 3.8) is 0 Å². The molecular formula is C13H16N2O. The van der Waals surface area contributed by atoms with Gasteiger partial charge in [-0.2, -0.15) is 0 Å². The molecule has 84 valence electrons. The molecule has 2 aromatic rings. The number of aromatic amines is 1. The number of para-hydroxylation sites is 1. The number of fused-ring (bicyclic) bond motifs is 1. The van der Waals surface area contributed by atoms with Gasteiger partial charge in [0, 0.05) is 16.4 Å². The Hall–Kier alpha value is -1.77. The van der Waals surface area contributed by atoms with Crippen LogP contribution in [0.1, 0.15) is 20.8 Å². The van der Waals surface area contributed by atoms with Gasteiger partial charge in [-0.15, -0.1) is 0 Å². The summed E-state index contributed by atoms with van der Waals surface area (Å²) in [6.45, 7) is 6.02. The Morgan fingerprint density at radius 2 is 1.94 bits per heavy atom. The molecule has 2 rings (SSSR count). The highest BCUT2D eigenvalue weighted by molar-refractivity contribution is 5.88. The van der Waals surface area contributed by atoms with Gasteiger partial charge in [-0.25, -0.2) is 0 Å². The summed E-state index contributed by atoms with van der Waals surface area (Å²) in [6, 6.07) is 9.99. The number of carbonyl (C=O) groups excluding carboxylic acids is 1. The summed E-state index contributed by atoms with van der Waals surface area (Å²) in [5.74, 6) is 0.837. The van der Waals surface area contributed by atoms with Gasteiger partial charge in [0.25, 0.3) is 0 Å². The number of hydrogen-bond acceptors (Lipinski definition) is 1. The van der Waals surface area contributed by atoms with E-state index in [1.165, 1.54) is 0 Å². The lowest BCUT2D eigenvalue weighted by molar-refractivity contribution is -0.108. The lowest BCUT2D eigenvalue weighted by Crippen LogP contribution is -2.40. The second kappa shape index (κ2) is 3.67. The quantitative estimate of drug-likeness (QED) is 0.770. The lowest BCUT2D eigenvalue weighted by Gasteiger charge is -2.30. The van der Waals surface area contributed by atoms with Gasteiger partial charge in [0.1, 0.15) is 5.82 Å². The van der Waals surface area contributed by atoms with Crippen LogP contribution >= 0.6 is 0 Å². The summed E-state index contributed by atoms with van der Waals surface area (Å²) >= 11 is 0. The average Bonchev–Trinajstić information content (AvgIpc) is 2.59. The smallest absolute Gasteiger partial charge is 0.215 e. The van der Waals surface area contributed by atoms with Crippen LogP contribution in [0.2, 0.25) is 0 Å². The second-order valence-electron chi connectivity index (χ2n) is 4.89. The first-order valence-corrected chi connectivity index (χ1v) is 5.35. The minimum atomic E-state index is -0.220. The predicted molar refractivity (Wildman–Crippen MR) is 66.6 cm³/mol. The molecular weight excluding hydrogens is 200 g/mol. The molecule has 1 aromatic heterocycles. The first kappa shape index (κ1) is 10.7. The molecule has 0 aliphatic rings. The van der Waals surface area contributed by atoms with Gasteiger partial charge in [-0.1, -0.05) is 18.2 Å². The van der Waals surface area contributed by atoms with E-state index < -0.39 is 0 Å². The third kappa shape index (κ3) is 1.81. The number of H-pyrrole nitrogens is 1. The molecule has 0 saturated carbocycles. The molecule has 0 radical (unpaired) electrons. The van der Waals surface area contributed by atoms with E-state index in [1.54, 1.807) is 4.90 Å². The molecule has 0 fully saturated rings. The topological polar surface area (TPSA) is 36.1 Å². The fraction of sp³-hybridized carbons (Fsp3) is 0.308. The Balaban J connectivity index is 2.50. The number of hydrogen-bond donors (Lipinski definition) is 1. The Bertz CT molecular complexity index is 475. The molecule has 0 atom stereocenters. The van der Waals surface area contributed by atoms with E-state index in [4.69, 9.17) is 0 Å². The summed E-state index contributed by atoms with van der Waals surface area (Å²) < 4.78 is 0. The van der Waals surface area contributed by atoms with E-state index in [0.29, 0.717) is 0 Å². The van der Waals surface area contributed by atoms with Crippen molar-refractivity contribution in [2.75, 3.05) is 4.90 Å². The van der Waals surface area contributed by atoms with Crippen molar-refractivity contribution >= 4 is 23.1 Å². The standard InChI is InChI=1S/C13H16N2O/c1-13(2,3)15(9-16)12-8-10-6-4-5-7-11(10)14-12/h4-9,14H,1-3H3. The van der Waals surface area contributed by atoms with Crippen molar-refractivity contribution in [2.24, 2.45) is 0 Å². The van der Waals surface area contributed by atoms with Crippen LogP contribution in [0.15, 0.2) is 30.3 Å². The SMILES string of the molecule is CC(C)(C)N(C=O)c1cc2ccccc2[nH]1. The number of anilines is 1. The molecule has 1 amide bonds. The minimum Gasteiger partial charge on any atom is -0.341 e. The molecule has 3 nitrogen and oxygen atoms in total. The third-order valence-corrected chi connectivity index (χ3v) is 2.60. The Labute approximate surface area is 95.1 Å². The molecule has 1 N–H and O–H groups in total. The zero-order valence-electron chi connectivity index (χ0n) is 9.82. The van der Waals surface area contributed by atoms with Crippen LogP contribution in [-0.4, -0.2) is 16.9 Å². The van der Waals surface area contributed by atoms with Gasteiger partial charge in [0.05, 0.1) is 0 Å². The van der Waals surface area contributed by atoms with Gasteiger partial charge in [0.15, 0.2) is 0 Å². The monoisotopic (exact) mass is 216 g/mol. The maximum absolute atomic E-state index is 11.1. The number of aromatic nitrogens is 1. The maximum atomic E-state index is 11.1. The van der Waals surface area contributed by atoms with E-state index in [9.17, 15) is 4.79 Å². The van der Waals surface area contributed by atoms with Crippen molar-refractivity contribution in [3.05, 3.63) is 30.3 Å². The number of nitrogens with one attached hydrogen (secondary N) is 1. The van der Waals surface area contributed by atoms with Crippen LogP contribution in [0.5, 0.6) is 0 Å². The highest BCUT2D eigenvalue weighted by Crippen LogP contribution is 2.25. The van der Waals surface area contributed by atoms with Gasteiger partial charge in [0.2, 0.25) is 6.41 Å². The van der Waals surface area contributed by atoms with Gasteiger partial charge < -0.3 is 4.98 Å². The normalized spacial score (nSPS) is 11.7. The second-order valence-corrected chi connectivity index (χ2v) is 4.89. The van der Waals surface area contributed by atoms with Crippen LogP contribution in [0.25, 0.3) is 10.9 Å². The van der Waals surface area contributed by atoms with E-state index in [-0.39, 0.29) is 5.54 Å². The van der Waals surface area contributed by atoms with Crippen molar-refractivity contribution < 1.29 is 4.79 Å². The van der Waals surface area contributed by atoms with Crippen molar-refractivity contribution in [2.45, 2.75) is 26.3 Å².